The van der Waals surface area contributed by atoms with Gasteiger partial charge in [-0.15, -0.1) is 0 Å². The van der Waals surface area contributed by atoms with E-state index in [1.54, 1.807) is 14.2 Å². The maximum Gasteiger partial charge on any atom is 0.160 e. The van der Waals surface area contributed by atoms with Crippen molar-refractivity contribution >= 4 is 0 Å². The summed E-state index contributed by atoms with van der Waals surface area (Å²) in [4.78, 5) is 0. The third-order valence-corrected chi connectivity index (χ3v) is 2.37. The van der Waals surface area contributed by atoms with E-state index in [-0.39, 0.29) is 0 Å². The Morgan fingerprint density at radius 1 is 1.20 bits per heavy atom. The maximum absolute atomic E-state index is 5.24. The van der Waals surface area contributed by atoms with Crippen LogP contribution in [0.15, 0.2) is 18.2 Å². The molecular weight excluding hydrogens is 188 g/mol. The highest BCUT2D eigenvalue weighted by molar-refractivity contribution is 5.42. The molecule has 1 aromatic carbocycles. The van der Waals surface area contributed by atoms with E-state index >= 15 is 0 Å². The van der Waals surface area contributed by atoms with Crippen LogP contribution >= 0.6 is 0 Å². The fourth-order valence-electron chi connectivity index (χ4n) is 1.45. The molecule has 2 heteroatoms. The van der Waals surface area contributed by atoms with Crippen molar-refractivity contribution in [1.82, 2.24) is 0 Å². The second kappa shape index (κ2) is 5.64. The second-order valence-electron chi connectivity index (χ2n) is 3.83. The van der Waals surface area contributed by atoms with Crippen molar-refractivity contribution in [3.05, 3.63) is 30.7 Å². The molecule has 0 aliphatic carbocycles. The van der Waals surface area contributed by atoms with E-state index in [9.17, 15) is 0 Å². The lowest BCUT2D eigenvalue weighted by atomic mass is 10.0. The van der Waals surface area contributed by atoms with Crippen molar-refractivity contribution in [2.24, 2.45) is 5.92 Å². The molecule has 2 nitrogen and oxygen atoms in total. The summed E-state index contributed by atoms with van der Waals surface area (Å²) in [5.41, 5.74) is 1.27. The van der Waals surface area contributed by atoms with Crippen LogP contribution in [0.4, 0.5) is 0 Å². The van der Waals surface area contributed by atoms with Gasteiger partial charge in [-0.05, 0) is 36.5 Å². The minimum atomic E-state index is 0.484. The minimum absolute atomic E-state index is 0.484. The first-order valence-corrected chi connectivity index (χ1v) is 5.21. The third kappa shape index (κ3) is 3.46. The predicted octanol–water partition coefficient (Wildman–Crippen LogP) is 3.11. The van der Waals surface area contributed by atoms with E-state index in [0.29, 0.717) is 5.92 Å². The summed E-state index contributed by atoms with van der Waals surface area (Å²) in [5, 5.41) is 0. The van der Waals surface area contributed by atoms with Crippen LogP contribution in [0.5, 0.6) is 11.5 Å². The molecule has 1 unspecified atom stereocenters. The van der Waals surface area contributed by atoms with Gasteiger partial charge in [0, 0.05) is 0 Å². The number of methoxy groups -OCH3 is 2. The van der Waals surface area contributed by atoms with Crippen molar-refractivity contribution in [2.45, 2.75) is 19.8 Å². The maximum atomic E-state index is 5.24. The third-order valence-electron chi connectivity index (χ3n) is 2.37. The van der Waals surface area contributed by atoms with Gasteiger partial charge in [0.15, 0.2) is 11.5 Å². The highest BCUT2D eigenvalue weighted by Crippen LogP contribution is 2.28. The second-order valence-corrected chi connectivity index (χ2v) is 3.83. The van der Waals surface area contributed by atoms with Crippen LogP contribution in [-0.4, -0.2) is 14.2 Å². The zero-order valence-electron chi connectivity index (χ0n) is 9.75. The summed E-state index contributed by atoms with van der Waals surface area (Å²) in [7, 11) is 3.31. The van der Waals surface area contributed by atoms with Gasteiger partial charge in [0.1, 0.15) is 0 Å². The normalized spacial score (nSPS) is 10.5. The van der Waals surface area contributed by atoms with Gasteiger partial charge in [-0.1, -0.05) is 19.9 Å². The first kappa shape index (κ1) is 11.9. The largest absolute Gasteiger partial charge is 0.493 e. The number of hydrogen-bond donors (Lipinski definition) is 0. The predicted molar refractivity (Wildman–Crippen MR) is 62.4 cm³/mol. The van der Waals surface area contributed by atoms with Gasteiger partial charge in [0.25, 0.3) is 0 Å². The lowest BCUT2D eigenvalue weighted by Crippen LogP contribution is -1.95. The smallest absolute Gasteiger partial charge is 0.160 e. The zero-order chi connectivity index (χ0) is 11.3. The van der Waals surface area contributed by atoms with E-state index in [1.165, 1.54) is 5.56 Å². The number of ether oxygens (including phenoxy) is 2. The highest BCUT2D eigenvalue weighted by Gasteiger charge is 2.04. The van der Waals surface area contributed by atoms with Gasteiger partial charge in [0.05, 0.1) is 14.2 Å². The van der Waals surface area contributed by atoms with Gasteiger partial charge in [0.2, 0.25) is 0 Å². The lowest BCUT2D eigenvalue weighted by Gasteiger charge is -2.10. The van der Waals surface area contributed by atoms with Crippen LogP contribution in [0.25, 0.3) is 0 Å². The Kier molecular flexibility index (Phi) is 4.47. The number of benzene rings is 1. The van der Waals surface area contributed by atoms with Crippen molar-refractivity contribution in [3.63, 3.8) is 0 Å². The monoisotopic (exact) mass is 207 g/mol. The molecule has 0 aromatic heterocycles. The summed E-state index contributed by atoms with van der Waals surface area (Å²) < 4.78 is 10.4. The van der Waals surface area contributed by atoms with E-state index in [0.717, 1.165) is 24.3 Å². The average Bonchev–Trinajstić information content (AvgIpc) is 2.25. The first-order chi connectivity index (χ1) is 7.17. The quantitative estimate of drug-likeness (QED) is 0.738. The van der Waals surface area contributed by atoms with Crippen LogP contribution in [0.3, 0.4) is 0 Å². The Morgan fingerprint density at radius 3 is 2.40 bits per heavy atom. The van der Waals surface area contributed by atoms with Crippen LogP contribution in [0.1, 0.15) is 18.9 Å². The Bertz CT molecular complexity index is 305. The molecule has 0 N–H and O–H groups in total. The van der Waals surface area contributed by atoms with Gasteiger partial charge < -0.3 is 9.47 Å². The van der Waals surface area contributed by atoms with Crippen molar-refractivity contribution in [2.75, 3.05) is 14.2 Å². The molecule has 83 valence electrons. The lowest BCUT2D eigenvalue weighted by molar-refractivity contribution is 0.354. The highest BCUT2D eigenvalue weighted by atomic mass is 16.5. The summed E-state index contributed by atoms with van der Waals surface area (Å²) in [6.07, 6.45) is 2.13. The topological polar surface area (TPSA) is 18.5 Å². The summed E-state index contributed by atoms with van der Waals surface area (Å²) in [5.74, 6) is 2.06. The van der Waals surface area contributed by atoms with Crippen LogP contribution in [0.2, 0.25) is 0 Å². The molecule has 0 spiro atoms. The number of hydrogen-bond acceptors (Lipinski definition) is 2. The molecule has 0 heterocycles. The van der Waals surface area contributed by atoms with Crippen LogP contribution in [-0.2, 0) is 6.42 Å². The van der Waals surface area contributed by atoms with E-state index in [1.807, 2.05) is 12.1 Å². The Balaban J connectivity index is 2.74. The van der Waals surface area contributed by atoms with Gasteiger partial charge in [-0.2, -0.15) is 0 Å². The molecule has 1 radical (unpaired) electrons. The van der Waals surface area contributed by atoms with Crippen molar-refractivity contribution in [3.8, 4) is 11.5 Å². The fourth-order valence-corrected chi connectivity index (χ4v) is 1.45. The molecule has 0 aliphatic rings. The summed E-state index contributed by atoms with van der Waals surface area (Å²) in [6, 6.07) is 6.05. The number of aryl methyl sites for hydroxylation is 1. The number of rotatable bonds is 5. The molecule has 0 bridgehead atoms. The standard InChI is InChI=1S/C13H19O2/c1-10(2)5-6-11-7-8-12(14-3)13(9-11)15-4/h7-10H,1,5-6H2,2-4H3. The van der Waals surface area contributed by atoms with Gasteiger partial charge in [-0.3, -0.25) is 0 Å². The summed E-state index contributed by atoms with van der Waals surface area (Å²) in [6.45, 7) is 6.10. The Morgan fingerprint density at radius 2 is 1.87 bits per heavy atom. The molecule has 0 saturated carbocycles. The van der Waals surface area contributed by atoms with Crippen LogP contribution < -0.4 is 9.47 Å². The van der Waals surface area contributed by atoms with Crippen LogP contribution in [0, 0.1) is 12.8 Å². The molecule has 1 rings (SSSR count). The first-order valence-electron chi connectivity index (χ1n) is 5.21. The van der Waals surface area contributed by atoms with Gasteiger partial charge >= 0.3 is 0 Å². The van der Waals surface area contributed by atoms with E-state index in [4.69, 9.17) is 9.47 Å². The van der Waals surface area contributed by atoms with E-state index < -0.39 is 0 Å². The molecule has 15 heavy (non-hydrogen) atoms. The average molecular weight is 207 g/mol. The van der Waals surface area contributed by atoms with Gasteiger partial charge in [-0.25, -0.2) is 0 Å². The molecule has 0 amide bonds. The molecule has 1 aromatic rings. The summed E-state index contributed by atoms with van der Waals surface area (Å²) >= 11 is 0. The molecular formula is C13H19O2. The van der Waals surface area contributed by atoms with E-state index in [2.05, 4.69) is 19.9 Å². The molecule has 0 saturated heterocycles. The molecule has 0 aliphatic heterocycles. The SMILES string of the molecule is [CH2]C(C)CCc1ccc(OC)c(OC)c1. The molecule has 0 fully saturated rings. The Hall–Kier alpha value is -1.18. The minimum Gasteiger partial charge on any atom is -0.493 e. The fraction of sp³-hybridized carbons (Fsp3) is 0.462. The molecule has 1 atom stereocenters. The Labute approximate surface area is 92.2 Å². The zero-order valence-corrected chi connectivity index (χ0v) is 9.75. The van der Waals surface area contributed by atoms with Crippen molar-refractivity contribution < 1.29 is 9.47 Å². The van der Waals surface area contributed by atoms with Crippen molar-refractivity contribution in [1.29, 1.82) is 0 Å².